The first-order valence-electron chi connectivity index (χ1n) is 6.50. The normalized spacial score (nSPS) is 10.4. The second kappa shape index (κ2) is 6.53. The van der Waals surface area contributed by atoms with E-state index in [1.807, 2.05) is 48.1 Å². The third-order valence-corrected chi connectivity index (χ3v) is 3.11. The summed E-state index contributed by atoms with van der Waals surface area (Å²) in [6.45, 7) is 0.399. The molecule has 1 aromatic carbocycles. The quantitative estimate of drug-likeness (QED) is 0.628. The molecule has 1 heterocycles. The van der Waals surface area contributed by atoms with Crippen molar-refractivity contribution >= 4 is 17.8 Å². The maximum atomic E-state index is 8.68. The number of aromatic nitrogens is 1. The number of rotatable bonds is 4. The van der Waals surface area contributed by atoms with E-state index in [0.29, 0.717) is 6.54 Å². The molecule has 0 unspecified atom stereocenters. The molecule has 0 aliphatic carbocycles. The van der Waals surface area contributed by atoms with Crippen molar-refractivity contribution in [2.75, 3.05) is 18.5 Å². The van der Waals surface area contributed by atoms with Gasteiger partial charge in [0.1, 0.15) is 13.6 Å². The molecule has 20 heavy (non-hydrogen) atoms. The third-order valence-electron chi connectivity index (χ3n) is 3.11. The van der Waals surface area contributed by atoms with Gasteiger partial charge in [-0.05, 0) is 23.3 Å². The Morgan fingerprint density at radius 1 is 1.05 bits per heavy atom. The van der Waals surface area contributed by atoms with Gasteiger partial charge in [-0.3, -0.25) is 0 Å². The van der Waals surface area contributed by atoms with Crippen LogP contribution in [0.1, 0.15) is 11.1 Å². The summed E-state index contributed by atoms with van der Waals surface area (Å²) in [7, 11) is 3.92. The maximum absolute atomic E-state index is 8.68. The van der Waals surface area contributed by atoms with Crippen molar-refractivity contribution in [3.63, 3.8) is 0 Å². The molecular weight excluding hydrogens is 246 g/mol. The van der Waals surface area contributed by atoms with Crippen molar-refractivity contribution in [2.45, 2.75) is 0 Å². The number of benzene rings is 1. The number of hydrogen-bond donors (Lipinski definition) is 0. The van der Waals surface area contributed by atoms with Gasteiger partial charge in [0.25, 0.3) is 0 Å². The molecule has 0 radical (unpaired) electrons. The molecule has 2 aromatic rings. The van der Waals surface area contributed by atoms with Crippen molar-refractivity contribution in [1.29, 1.82) is 5.26 Å². The number of aryl methyl sites for hydroxylation is 1. The van der Waals surface area contributed by atoms with Crippen LogP contribution in [0.5, 0.6) is 0 Å². The fourth-order valence-electron chi connectivity index (χ4n) is 1.85. The van der Waals surface area contributed by atoms with Gasteiger partial charge in [0.15, 0.2) is 12.4 Å². The molecular formula is C17H18N3+. The Hall–Kier alpha value is -2.60. The lowest BCUT2D eigenvalue weighted by atomic mass is 10.1. The summed E-state index contributed by atoms with van der Waals surface area (Å²) >= 11 is 0. The summed E-state index contributed by atoms with van der Waals surface area (Å²) in [5.41, 5.74) is 3.37. The molecule has 1 aromatic heterocycles. The maximum Gasteiger partial charge on any atom is 0.169 e. The monoisotopic (exact) mass is 264 g/mol. The van der Waals surface area contributed by atoms with E-state index in [-0.39, 0.29) is 0 Å². The molecule has 0 spiro atoms. The van der Waals surface area contributed by atoms with Crippen LogP contribution in [0.25, 0.3) is 12.2 Å². The van der Waals surface area contributed by atoms with Crippen LogP contribution in [-0.2, 0) is 7.05 Å². The Balaban J connectivity index is 2.07. The first-order chi connectivity index (χ1) is 9.69. The fraction of sp³-hybridized carbons (Fsp3) is 0.176. The predicted molar refractivity (Wildman–Crippen MR) is 81.9 cm³/mol. The lowest BCUT2D eigenvalue weighted by Crippen LogP contribution is -2.25. The molecule has 0 aliphatic rings. The van der Waals surface area contributed by atoms with Gasteiger partial charge in [0, 0.05) is 24.9 Å². The van der Waals surface area contributed by atoms with Crippen LogP contribution in [0.4, 0.5) is 5.69 Å². The van der Waals surface area contributed by atoms with Crippen LogP contribution >= 0.6 is 0 Å². The average molecular weight is 264 g/mol. The summed E-state index contributed by atoms with van der Waals surface area (Å²) in [5, 5.41) is 8.68. The first-order valence-corrected chi connectivity index (χ1v) is 6.50. The lowest BCUT2D eigenvalue weighted by molar-refractivity contribution is -0.671. The number of nitrogens with zero attached hydrogens (tertiary/aromatic N) is 3. The molecule has 2 rings (SSSR count). The molecule has 0 aliphatic heterocycles. The highest BCUT2D eigenvalue weighted by Gasteiger charge is 1.98. The second-order valence-corrected chi connectivity index (χ2v) is 4.74. The Bertz CT molecular complexity index is 619. The van der Waals surface area contributed by atoms with E-state index >= 15 is 0 Å². The predicted octanol–water partition coefficient (Wildman–Crippen LogP) is 2.64. The van der Waals surface area contributed by atoms with Gasteiger partial charge >= 0.3 is 0 Å². The smallest absolute Gasteiger partial charge is 0.169 e. The molecule has 0 bridgehead atoms. The number of anilines is 1. The van der Waals surface area contributed by atoms with Crippen LogP contribution in [0.2, 0.25) is 0 Å². The molecule has 0 fully saturated rings. The van der Waals surface area contributed by atoms with Gasteiger partial charge in [0.05, 0.1) is 6.07 Å². The van der Waals surface area contributed by atoms with Crippen LogP contribution < -0.4 is 9.47 Å². The number of hydrogen-bond acceptors (Lipinski definition) is 2. The van der Waals surface area contributed by atoms with Crippen LogP contribution in [0, 0.1) is 11.3 Å². The van der Waals surface area contributed by atoms with E-state index in [1.54, 1.807) is 0 Å². The molecule has 3 heteroatoms. The van der Waals surface area contributed by atoms with Gasteiger partial charge in [-0.2, -0.15) is 5.26 Å². The van der Waals surface area contributed by atoms with Gasteiger partial charge in [-0.25, -0.2) is 4.57 Å². The Kier molecular flexibility index (Phi) is 4.52. The standard InChI is InChI=1S/C17H18N3/c1-19-12-9-16(10-13-19)4-3-15-5-7-17(8-6-15)20(2)14-11-18/h3-10,12-13H,14H2,1-2H3/q+1. The van der Waals surface area contributed by atoms with Crippen LogP contribution in [-0.4, -0.2) is 13.6 Å². The summed E-state index contributed by atoms with van der Waals surface area (Å²) < 4.78 is 2.01. The zero-order chi connectivity index (χ0) is 14.4. The Labute approximate surface area is 120 Å². The van der Waals surface area contributed by atoms with Crippen molar-refractivity contribution in [3.05, 3.63) is 59.9 Å². The van der Waals surface area contributed by atoms with Crippen LogP contribution in [0.15, 0.2) is 48.8 Å². The molecule has 3 nitrogen and oxygen atoms in total. The molecule has 100 valence electrons. The molecule has 0 saturated carbocycles. The minimum absolute atomic E-state index is 0.399. The lowest BCUT2D eigenvalue weighted by Gasteiger charge is -2.14. The molecule has 0 saturated heterocycles. The summed E-state index contributed by atoms with van der Waals surface area (Å²) in [6.07, 6.45) is 8.23. The molecule has 0 atom stereocenters. The largest absolute Gasteiger partial charge is 0.361 e. The van der Waals surface area contributed by atoms with Gasteiger partial charge in [0.2, 0.25) is 0 Å². The Morgan fingerprint density at radius 3 is 2.15 bits per heavy atom. The third kappa shape index (κ3) is 3.69. The molecule has 0 N–H and O–H groups in total. The summed E-state index contributed by atoms with van der Waals surface area (Å²) in [5.74, 6) is 0. The zero-order valence-corrected chi connectivity index (χ0v) is 11.8. The van der Waals surface area contributed by atoms with Crippen molar-refractivity contribution in [1.82, 2.24) is 0 Å². The highest BCUT2D eigenvalue weighted by molar-refractivity contribution is 5.70. The fourth-order valence-corrected chi connectivity index (χ4v) is 1.85. The highest BCUT2D eigenvalue weighted by Crippen LogP contribution is 2.15. The molecule has 0 amide bonds. The first kappa shape index (κ1) is 13.8. The van der Waals surface area contributed by atoms with Crippen LogP contribution in [0.3, 0.4) is 0 Å². The van der Waals surface area contributed by atoms with E-state index < -0.39 is 0 Å². The topological polar surface area (TPSA) is 30.9 Å². The zero-order valence-electron chi connectivity index (χ0n) is 11.8. The summed E-state index contributed by atoms with van der Waals surface area (Å²) in [4.78, 5) is 1.92. The van der Waals surface area contributed by atoms with E-state index in [0.717, 1.165) is 11.3 Å². The summed E-state index contributed by atoms with van der Waals surface area (Å²) in [6, 6.07) is 14.5. The van der Waals surface area contributed by atoms with Crippen molar-refractivity contribution < 1.29 is 4.57 Å². The van der Waals surface area contributed by atoms with E-state index in [4.69, 9.17) is 5.26 Å². The number of pyridine rings is 1. The van der Waals surface area contributed by atoms with Gasteiger partial charge in [-0.15, -0.1) is 0 Å². The average Bonchev–Trinajstić information content (AvgIpc) is 2.47. The van der Waals surface area contributed by atoms with E-state index in [9.17, 15) is 0 Å². The van der Waals surface area contributed by atoms with Crippen molar-refractivity contribution in [2.24, 2.45) is 7.05 Å². The highest BCUT2D eigenvalue weighted by atomic mass is 15.1. The van der Waals surface area contributed by atoms with Gasteiger partial charge < -0.3 is 4.90 Å². The SMILES string of the molecule is CN(CC#N)c1ccc(C=Cc2cc[n+](C)cc2)cc1. The van der Waals surface area contributed by atoms with Crippen molar-refractivity contribution in [3.8, 4) is 6.07 Å². The van der Waals surface area contributed by atoms with E-state index in [1.165, 1.54) is 5.56 Å². The van der Waals surface area contributed by atoms with Gasteiger partial charge in [-0.1, -0.05) is 24.3 Å². The second-order valence-electron chi connectivity index (χ2n) is 4.74. The van der Waals surface area contributed by atoms with E-state index in [2.05, 4.69) is 42.5 Å². The number of nitriles is 1. The minimum atomic E-state index is 0.399. The minimum Gasteiger partial charge on any atom is -0.361 e. The Morgan fingerprint density at radius 2 is 1.60 bits per heavy atom.